The molecule has 348 valence electrons. The van der Waals surface area contributed by atoms with Crippen LogP contribution in [0.3, 0.4) is 0 Å². The van der Waals surface area contributed by atoms with Gasteiger partial charge in [-0.3, -0.25) is 9.97 Å². The van der Waals surface area contributed by atoms with Crippen LogP contribution in [0.25, 0.3) is 44.4 Å². The highest BCUT2D eigenvalue weighted by atomic mass is 79.9. The smallest absolute Gasteiger partial charge is 0.407 e. The van der Waals surface area contributed by atoms with Crippen molar-refractivity contribution >= 4 is 78.3 Å². The molecule has 21 heteroatoms. The topological polar surface area (TPSA) is 231 Å². The van der Waals surface area contributed by atoms with E-state index in [0.29, 0.717) is 46.8 Å². The normalized spacial score (nSPS) is 16.1. The molecule has 2 saturated heterocycles. The fraction of sp³-hybridized carbons (Fsp3) is 0.391. The van der Waals surface area contributed by atoms with Crippen LogP contribution in [0.2, 0.25) is 0 Å². The van der Waals surface area contributed by atoms with Crippen molar-refractivity contribution in [2.24, 2.45) is 0 Å². The summed E-state index contributed by atoms with van der Waals surface area (Å²) in [5.41, 5.74) is 5.54. The molecule has 2 aliphatic rings. The Morgan fingerprint density at radius 2 is 1.27 bits per heavy atom. The van der Waals surface area contributed by atoms with Crippen molar-refractivity contribution in [1.29, 1.82) is 0 Å². The maximum absolute atomic E-state index is 12.1. The maximum Gasteiger partial charge on any atom is 0.407 e. The van der Waals surface area contributed by atoms with Crippen molar-refractivity contribution in [2.75, 3.05) is 31.1 Å². The van der Waals surface area contributed by atoms with Gasteiger partial charge < -0.3 is 30.3 Å². The van der Waals surface area contributed by atoms with Gasteiger partial charge in [0.1, 0.15) is 21.6 Å². The van der Waals surface area contributed by atoms with Crippen LogP contribution >= 0.6 is 15.9 Å². The lowest BCUT2D eigenvalue weighted by Gasteiger charge is -2.22. The third-order valence-electron chi connectivity index (χ3n) is 10.4. The summed E-state index contributed by atoms with van der Waals surface area (Å²) in [5.74, 6) is 0.738. The second-order valence-corrected chi connectivity index (χ2v) is 19.0. The Bertz CT molecular complexity index is 3000. The van der Waals surface area contributed by atoms with Crippen molar-refractivity contribution in [3.63, 3.8) is 0 Å². The zero-order valence-electron chi connectivity index (χ0n) is 38.2. The molecule has 2 atom stereocenters. The zero-order chi connectivity index (χ0) is 47.1. The number of nitrogens with zero attached hydrogens (tertiary/aromatic N) is 13. The maximum atomic E-state index is 12.1. The number of ether oxygens (including phenoxy) is 2. The van der Waals surface area contributed by atoms with Gasteiger partial charge in [-0.15, -0.1) is 10.2 Å². The number of halogens is 1. The van der Waals surface area contributed by atoms with Crippen LogP contribution in [-0.4, -0.2) is 122 Å². The summed E-state index contributed by atoms with van der Waals surface area (Å²) >= 11 is 3.32. The third-order valence-corrected chi connectivity index (χ3v) is 10.8. The van der Waals surface area contributed by atoms with Gasteiger partial charge in [-0.1, -0.05) is 34.7 Å². The first kappa shape index (κ1) is 46.5. The van der Waals surface area contributed by atoms with Crippen LogP contribution in [0.15, 0.2) is 90.1 Å². The minimum atomic E-state index is -0.522. The van der Waals surface area contributed by atoms with Crippen LogP contribution in [0.5, 0.6) is 0 Å². The van der Waals surface area contributed by atoms with E-state index in [1.54, 1.807) is 34.2 Å². The summed E-state index contributed by atoms with van der Waals surface area (Å²) in [6.07, 6.45) is 7.98. The van der Waals surface area contributed by atoms with Crippen LogP contribution in [-0.2, 0) is 22.6 Å². The summed E-state index contributed by atoms with van der Waals surface area (Å²) in [4.78, 5) is 51.9. The lowest BCUT2D eigenvalue weighted by atomic mass is 10.1. The quantitative estimate of drug-likeness (QED) is 0.157. The minimum absolute atomic E-state index is 0.00779. The first-order valence-corrected chi connectivity index (χ1v) is 22.8. The van der Waals surface area contributed by atoms with E-state index in [-0.39, 0.29) is 18.2 Å². The summed E-state index contributed by atoms with van der Waals surface area (Å²) in [5, 5.41) is 27.7. The molecule has 0 spiro atoms. The Labute approximate surface area is 394 Å². The second-order valence-electron chi connectivity index (χ2n) is 18.2. The predicted molar refractivity (Wildman–Crippen MR) is 256 cm³/mol. The average molecular weight is 974 g/mol. The SMILES string of the molecule is Brc1cnc2nnn(Cc3ccc4ncccc4c3)c2n1.CC(C)(C)OC(=O)N[C@@H]1CCN(c2cnc3nnn(Cc4ccc5ncccc5c4)c3n2)C1.CC(C)(C)OC(=O)N[C@@H]1CCNC1. The molecule has 8 aromatic rings. The highest BCUT2D eigenvalue weighted by Gasteiger charge is 2.28. The molecule has 2 aromatic carbocycles. The number of hydrogen-bond acceptors (Lipinski definition) is 16. The van der Waals surface area contributed by atoms with Crippen LogP contribution in [0.4, 0.5) is 15.4 Å². The van der Waals surface area contributed by atoms with Crippen molar-refractivity contribution in [2.45, 2.75) is 90.8 Å². The summed E-state index contributed by atoms with van der Waals surface area (Å²) in [6, 6.07) is 20.4. The third kappa shape index (κ3) is 12.7. The van der Waals surface area contributed by atoms with Gasteiger partial charge in [0.15, 0.2) is 11.3 Å². The Morgan fingerprint density at radius 3 is 1.82 bits per heavy atom. The van der Waals surface area contributed by atoms with Gasteiger partial charge in [0.05, 0.1) is 42.6 Å². The summed E-state index contributed by atoms with van der Waals surface area (Å²) in [6.45, 7) is 15.5. The van der Waals surface area contributed by atoms with Crippen LogP contribution in [0.1, 0.15) is 65.5 Å². The van der Waals surface area contributed by atoms with Gasteiger partial charge in [0.2, 0.25) is 11.3 Å². The molecule has 0 unspecified atom stereocenters. The first-order valence-electron chi connectivity index (χ1n) is 22.0. The van der Waals surface area contributed by atoms with Gasteiger partial charge >= 0.3 is 12.2 Å². The molecular weight excluding hydrogens is 921 g/mol. The lowest BCUT2D eigenvalue weighted by molar-refractivity contribution is 0.0497. The molecule has 2 fully saturated rings. The number of fused-ring (bicyclic) bond motifs is 4. The Morgan fingerprint density at radius 1 is 0.716 bits per heavy atom. The molecule has 67 heavy (non-hydrogen) atoms. The number of aromatic nitrogens is 12. The largest absolute Gasteiger partial charge is 0.444 e. The first-order chi connectivity index (χ1) is 32.1. The van der Waals surface area contributed by atoms with Crippen LogP contribution < -0.4 is 20.9 Å². The van der Waals surface area contributed by atoms with E-state index < -0.39 is 17.3 Å². The fourth-order valence-corrected chi connectivity index (χ4v) is 7.72. The highest BCUT2D eigenvalue weighted by molar-refractivity contribution is 9.10. The highest BCUT2D eigenvalue weighted by Crippen LogP contribution is 2.22. The molecule has 3 N–H and O–H groups in total. The molecular formula is C46H53BrN16O4. The van der Waals surface area contributed by atoms with Crippen molar-refractivity contribution in [3.8, 4) is 0 Å². The number of carbonyl (C=O) groups is 2. The number of alkyl carbamates (subject to hydrolysis) is 2. The molecule has 10 rings (SSSR count). The Kier molecular flexibility index (Phi) is 14.1. The molecule has 6 aromatic heterocycles. The molecule has 0 aliphatic carbocycles. The van der Waals surface area contributed by atoms with Crippen molar-refractivity contribution in [3.05, 3.63) is 101 Å². The monoisotopic (exact) mass is 972 g/mol. The number of pyridine rings is 2. The van der Waals surface area contributed by atoms with E-state index in [1.807, 2.05) is 90.1 Å². The molecule has 8 heterocycles. The van der Waals surface area contributed by atoms with Gasteiger partial charge in [0, 0.05) is 48.8 Å². The van der Waals surface area contributed by atoms with Gasteiger partial charge in [0.25, 0.3) is 0 Å². The number of hydrogen-bond donors (Lipinski definition) is 3. The Balaban J connectivity index is 0.000000152. The van der Waals surface area contributed by atoms with E-state index in [1.165, 1.54) is 0 Å². The zero-order valence-corrected chi connectivity index (χ0v) is 39.8. The van der Waals surface area contributed by atoms with E-state index in [4.69, 9.17) is 14.5 Å². The van der Waals surface area contributed by atoms with Gasteiger partial charge in [-0.05, 0) is 124 Å². The summed E-state index contributed by atoms with van der Waals surface area (Å²) < 4.78 is 14.7. The molecule has 2 amide bonds. The van der Waals surface area contributed by atoms with E-state index in [9.17, 15) is 9.59 Å². The predicted octanol–water partition coefficient (Wildman–Crippen LogP) is 6.37. The molecule has 2 aliphatic heterocycles. The second kappa shape index (κ2) is 20.3. The van der Waals surface area contributed by atoms with Crippen LogP contribution in [0, 0.1) is 0 Å². The van der Waals surface area contributed by atoms with E-state index in [0.717, 1.165) is 71.2 Å². The van der Waals surface area contributed by atoms with E-state index >= 15 is 0 Å². The summed E-state index contributed by atoms with van der Waals surface area (Å²) in [7, 11) is 0. The van der Waals surface area contributed by atoms with Crippen molar-refractivity contribution in [1.82, 2.24) is 75.8 Å². The average Bonchev–Trinajstić information content (AvgIpc) is 4.12. The number of carbonyl (C=O) groups excluding carboxylic acids is 2. The standard InChI is InChI=1S/C23H26N8O2.C14H9BrN6.C9H18N2O2/c1-23(2,3)33-22(32)26-17-8-10-30(14-17)19-12-25-20-21(27-19)31(29-28-20)13-15-6-7-18-16(11-15)5-4-9-24-18;15-12-7-17-13-14(18-12)21(20-19-13)8-9-3-4-11-10(6-9)2-1-5-16-11;1-9(2,3)13-8(12)11-7-4-5-10-6-7/h4-7,9,11-12,17H,8,10,13-14H2,1-3H3,(H,26,32);1-7H,8H2;7,10H,4-6H2,1-3H3,(H,11,12)/t17-;;7-/m1.1/s1. The fourth-order valence-electron chi connectivity index (χ4n) is 7.45. The number of rotatable bonds is 7. The molecule has 20 nitrogen and oxygen atoms in total. The minimum Gasteiger partial charge on any atom is -0.444 e. The number of benzene rings is 2. The molecule has 0 bridgehead atoms. The van der Waals surface area contributed by atoms with E-state index in [2.05, 4.69) is 94.5 Å². The van der Waals surface area contributed by atoms with Crippen molar-refractivity contribution < 1.29 is 19.1 Å². The lowest BCUT2D eigenvalue weighted by Crippen LogP contribution is -2.40. The number of nitrogens with one attached hydrogen (secondary N) is 3. The molecule has 0 radical (unpaired) electrons. The molecule has 0 saturated carbocycles. The van der Waals surface area contributed by atoms with Gasteiger partial charge in [-0.2, -0.15) is 0 Å². The Hall–Kier alpha value is -7.00. The number of amides is 2. The van der Waals surface area contributed by atoms with Gasteiger partial charge in [-0.25, -0.2) is 38.9 Å². The number of anilines is 1.